The predicted molar refractivity (Wildman–Crippen MR) is 97.0 cm³/mol. The minimum Gasteiger partial charge on any atom is -0.491 e. The molecule has 0 aromatic heterocycles. The first-order valence-electron chi connectivity index (χ1n) is 8.38. The van der Waals surface area contributed by atoms with Gasteiger partial charge < -0.3 is 9.47 Å². The molecular formula is C20H24O4S. The molecule has 25 heavy (non-hydrogen) atoms. The number of aryl methyl sites for hydroxylation is 1. The second kappa shape index (κ2) is 6.46. The SMILES string of the molecule is Cc1ccc(S(=O)(=O)c2cc(OCC3CO3)ccc2C(C)(C)C)cc1. The molecule has 0 N–H and O–H groups in total. The summed E-state index contributed by atoms with van der Waals surface area (Å²) >= 11 is 0. The smallest absolute Gasteiger partial charge is 0.207 e. The monoisotopic (exact) mass is 360 g/mol. The molecule has 0 aliphatic carbocycles. The summed E-state index contributed by atoms with van der Waals surface area (Å²) < 4.78 is 37.3. The average molecular weight is 360 g/mol. The van der Waals surface area contributed by atoms with Crippen molar-refractivity contribution < 1.29 is 17.9 Å². The van der Waals surface area contributed by atoms with Crippen LogP contribution < -0.4 is 4.74 Å². The van der Waals surface area contributed by atoms with E-state index in [2.05, 4.69) is 0 Å². The van der Waals surface area contributed by atoms with Crippen LogP contribution in [0.4, 0.5) is 0 Å². The first-order valence-corrected chi connectivity index (χ1v) is 9.87. The Bertz CT molecular complexity index is 858. The van der Waals surface area contributed by atoms with Gasteiger partial charge in [0.1, 0.15) is 18.5 Å². The second-order valence-electron chi connectivity index (χ2n) is 7.49. The maximum absolute atomic E-state index is 13.2. The molecule has 3 rings (SSSR count). The number of sulfone groups is 1. The number of benzene rings is 2. The van der Waals surface area contributed by atoms with Gasteiger partial charge in [-0.3, -0.25) is 0 Å². The largest absolute Gasteiger partial charge is 0.491 e. The van der Waals surface area contributed by atoms with E-state index in [0.717, 1.165) is 11.1 Å². The third-order valence-corrected chi connectivity index (χ3v) is 6.03. The van der Waals surface area contributed by atoms with Gasteiger partial charge in [-0.15, -0.1) is 0 Å². The summed E-state index contributed by atoms with van der Waals surface area (Å²) in [6.07, 6.45) is 0.124. The normalized spacial score (nSPS) is 17.4. The summed E-state index contributed by atoms with van der Waals surface area (Å²) in [6, 6.07) is 12.3. The molecule has 2 aromatic rings. The average Bonchev–Trinajstić information content (AvgIpc) is 3.36. The van der Waals surface area contributed by atoms with Crippen LogP contribution in [0.3, 0.4) is 0 Å². The van der Waals surface area contributed by atoms with Crippen LogP contribution >= 0.6 is 0 Å². The zero-order valence-corrected chi connectivity index (χ0v) is 15.9. The molecule has 2 aromatic carbocycles. The summed E-state index contributed by atoms with van der Waals surface area (Å²) in [5, 5.41) is 0. The lowest BCUT2D eigenvalue weighted by atomic mass is 9.87. The van der Waals surface area contributed by atoms with Crippen LogP contribution in [0.25, 0.3) is 0 Å². The molecule has 1 saturated heterocycles. The van der Waals surface area contributed by atoms with Gasteiger partial charge in [-0.1, -0.05) is 44.5 Å². The summed E-state index contributed by atoms with van der Waals surface area (Å²) in [6.45, 7) is 9.11. The molecule has 5 heteroatoms. The van der Waals surface area contributed by atoms with Crippen molar-refractivity contribution in [2.75, 3.05) is 13.2 Å². The molecule has 0 spiro atoms. The number of hydrogen-bond acceptors (Lipinski definition) is 4. The van der Waals surface area contributed by atoms with Gasteiger partial charge in [0.2, 0.25) is 9.84 Å². The van der Waals surface area contributed by atoms with Crippen molar-refractivity contribution in [2.45, 2.75) is 49.0 Å². The van der Waals surface area contributed by atoms with E-state index in [-0.39, 0.29) is 11.5 Å². The standard InChI is InChI=1S/C20H24O4S/c1-14-5-8-17(9-6-14)25(21,22)19-11-15(23-12-16-13-24-16)7-10-18(19)20(2,3)4/h5-11,16H,12-13H2,1-4H3. The zero-order chi connectivity index (χ0) is 18.2. The Balaban J connectivity index is 2.06. The fourth-order valence-electron chi connectivity index (χ4n) is 2.63. The van der Waals surface area contributed by atoms with Crippen LogP contribution in [-0.2, 0) is 20.0 Å². The van der Waals surface area contributed by atoms with Gasteiger partial charge in [0, 0.05) is 0 Å². The molecule has 1 aliphatic rings. The molecule has 0 amide bonds. The van der Waals surface area contributed by atoms with Crippen molar-refractivity contribution in [2.24, 2.45) is 0 Å². The van der Waals surface area contributed by atoms with E-state index in [1.807, 2.05) is 52.0 Å². The van der Waals surface area contributed by atoms with Crippen molar-refractivity contribution in [1.82, 2.24) is 0 Å². The zero-order valence-electron chi connectivity index (χ0n) is 15.1. The van der Waals surface area contributed by atoms with E-state index < -0.39 is 9.84 Å². The van der Waals surface area contributed by atoms with E-state index in [4.69, 9.17) is 9.47 Å². The first kappa shape index (κ1) is 18.0. The summed E-state index contributed by atoms with van der Waals surface area (Å²) in [4.78, 5) is 0.601. The van der Waals surface area contributed by atoms with Crippen molar-refractivity contribution in [3.05, 3.63) is 53.6 Å². The quantitative estimate of drug-likeness (QED) is 0.759. The van der Waals surface area contributed by atoms with Crippen molar-refractivity contribution >= 4 is 9.84 Å². The summed E-state index contributed by atoms with van der Waals surface area (Å²) in [7, 11) is -3.63. The molecule has 4 nitrogen and oxygen atoms in total. The fourth-order valence-corrected chi connectivity index (χ4v) is 4.32. The molecule has 1 heterocycles. The Morgan fingerprint density at radius 2 is 1.76 bits per heavy atom. The van der Waals surface area contributed by atoms with Crippen LogP contribution in [0.2, 0.25) is 0 Å². The van der Waals surface area contributed by atoms with Gasteiger partial charge in [-0.25, -0.2) is 8.42 Å². The Morgan fingerprint density at radius 3 is 2.32 bits per heavy atom. The van der Waals surface area contributed by atoms with Crippen molar-refractivity contribution in [3.8, 4) is 5.75 Å². The maximum atomic E-state index is 13.2. The molecule has 1 aliphatic heterocycles. The van der Waals surface area contributed by atoms with Crippen molar-refractivity contribution in [3.63, 3.8) is 0 Å². The van der Waals surface area contributed by atoms with Gasteiger partial charge >= 0.3 is 0 Å². The minimum absolute atomic E-state index is 0.124. The third kappa shape index (κ3) is 4.05. The summed E-state index contributed by atoms with van der Waals surface area (Å²) in [5.74, 6) is 0.550. The predicted octanol–water partition coefficient (Wildman–Crippen LogP) is 3.90. The molecule has 0 saturated carbocycles. The van der Waals surface area contributed by atoms with E-state index >= 15 is 0 Å². The van der Waals surface area contributed by atoms with E-state index in [9.17, 15) is 8.42 Å². The number of rotatable bonds is 5. The number of epoxide rings is 1. The maximum Gasteiger partial charge on any atom is 0.207 e. The van der Waals surface area contributed by atoms with Gasteiger partial charge in [-0.2, -0.15) is 0 Å². The highest BCUT2D eigenvalue weighted by Crippen LogP contribution is 2.35. The molecular weight excluding hydrogens is 336 g/mol. The van der Waals surface area contributed by atoms with E-state index in [1.54, 1.807) is 18.2 Å². The first-order chi connectivity index (χ1) is 11.7. The lowest BCUT2D eigenvalue weighted by Crippen LogP contribution is -2.17. The van der Waals surface area contributed by atoms with Crippen LogP contribution in [0.1, 0.15) is 31.9 Å². The topological polar surface area (TPSA) is 55.9 Å². The lowest BCUT2D eigenvalue weighted by Gasteiger charge is -2.23. The lowest BCUT2D eigenvalue weighted by molar-refractivity contribution is 0.262. The van der Waals surface area contributed by atoms with Crippen LogP contribution in [0.15, 0.2) is 52.3 Å². The van der Waals surface area contributed by atoms with Gasteiger partial charge in [-0.05, 0) is 42.2 Å². The van der Waals surface area contributed by atoms with Gasteiger partial charge in [0.05, 0.1) is 16.4 Å². The Labute approximate surface area is 149 Å². The Kier molecular flexibility index (Phi) is 4.64. The highest BCUT2D eigenvalue weighted by molar-refractivity contribution is 7.91. The highest BCUT2D eigenvalue weighted by atomic mass is 32.2. The van der Waals surface area contributed by atoms with E-state index in [1.165, 1.54) is 0 Å². The van der Waals surface area contributed by atoms with Crippen LogP contribution in [-0.4, -0.2) is 27.7 Å². The molecule has 1 fully saturated rings. The summed E-state index contributed by atoms with van der Waals surface area (Å²) in [5.41, 5.74) is 1.50. The van der Waals surface area contributed by atoms with E-state index in [0.29, 0.717) is 28.8 Å². The number of ether oxygens (including phenoxy) is 2. The van der Waals surface area contributed by atoms with Gasteiger partial charge in [0.15, 0.2) is 0 Å². The number of hydrogen-bond donors (Lipinski definition) is 0. The highest BCUT2D eigenvalue weighted by Gasteiger charge is 2.28. The second-order valence-corrected chi connectivity index (χ2v) is 9.41. The van der Waals surface area contributed by atoms with Crippen LogP contribution in [0.5, 0.6) is 5.75 Å². The molecule has 1 unspecified atom stereocenters. The fraction of sp³-hybridized carbons (Fsp3) is 0.400. The minimum atomic E-state index is -3.63. The molecule has 0 radical (unpaired) electrons. The Morgan fingerprint density at radius 1 is 1.12 bits per heavy atom. The third-order valence-electron chi connectivity index (χ3n) is 4.22. The molecule has 134 valence electrons. The van der Waals surface area contributed by atoms with Crippen molar-refractivity contribution in [1.29, 1.82) is 0 Å². The Hall–Kier alpha value is -1.85. The molecule has 1 atom stereocenters. The van der Waals surface area contributed by atoms with Crippen LogP contribution in [0, 0.1) is 6.92 Å². The molecule has 0 bridgehead atoms. The van der Waals surface area contributed by atoms with Gasteiger partial charge in [0.25, 0.3) is 0 Å².